The first-order chi connectivity index (χ1) is 11.1. The van der Waals surface area contributed by atoms with Crippen molar-refractivity contribution in [1.29, 1.82) is 0 Å². The lowest BCUT2D eigenvalue weighted by Crippen LogP contribution is -2.27. The van der Waals surface area contributed by atoms with Gasteiger partial charge in [-0.05, 0) is 19.0 Å². The van der Waals surface area contributed by atoms with Crippen LogP contribution in [-0.4, -0.2) is 32.8 Å². The Morgan fingerprint density at radius 1 is 1.17 bits per heavy atom. The molecule has 0 fully saturated rings. The highest BCUT2D eigenvalue weighted by atomic mass is 16.3. The van der Waals surface area contributed by atoms with E-state index in [1.807, 2.05) is 36.6 Å². The van der Waals surface area contributed by atoms with Crippen molar-refractivity contribution in [3.05, 3.63) is 63.6 Å². The summed E-state index contributed by atoms with van der Waals surface area (Å²) in [5.41, 5.74) is 2.11. The molecule has 1 heterocycles. The summed E-state index contributed by atoms with van der Waals surface area (Å²) < 4.78 is 1.81. The molecule has 0 aliphatic heterocycles. The number of benzene rings is 1. The zero-order valence-corrected chi connectivity index (χ0v) is 13.7. The predicted molar refractivity (Wildman–Crippen MR) is 90.4 cm³/mol. The third-order valence-electron chi connectivity index (χ3n) is 3.99. The molecule has 2 N–H and O–H groups in total. The van der Waals surface area contributed by atoms with Crippen molar-refractivity contribution in [1.82, 2.24) is 9.47 Å². The Hall–Kier alpha value is -2.11. The fourth-order valence-electron chi connectivity index (χ4n) is 2.72. The molecule has 0 atom stereocenters. The molecule has 0 unspecified atom stereocenters. The predicted octanol–water partition coefficient (Wildman–Crippen LogP) is 1.88. The Morgan fingerprint density at radius 2 is 1.87 bits per heavy atom. The van der Waals surface area contributed by atoms with Crippen LogP contribution in [0.5, 0.6) is 5.75 Å². The van der Waals surface area contributed by atoms with E-state index in [0.29, 0.717) is 18.8 Å². The molecular weight excluding hydrogens is 292 g/mol. The van der Waals surface area contributed by atoms with Gasteiger partial charge >= 0.3 is 0 Å². The van der Waals surface area contributed by atoms with E-state index < -0.39 is 0 Å². The van der Waals surface area contributed by atoms with E-state index >= 15 is 0 Å². The molecule has 0 aliphatic carbocycles. The number of aliphatic hydroxyl groups is 1. The van der Waals surface area contributed by atoms with Gasteiger partial charge in [0.15, 0.2) is 5.75 Å². The molecule has 5 heteroatoms. The summed E-state index contributed by atoms with van der Waals surface area (Å²) >= 11 is 0. The van der Waals surface area contributed by atoms with Gasteiger partial charge in [-0.1, -0.05) is 37.3 Å². The minimum Gasteiger partial charge on any atom is -0.503 e. The van der Waals surface area contributed by atoms with Crippen molar-refractivity contribution in [2.75, 3.05) is 13.2 Å². The standard InChI is InChI=1S/C18H24N2O3/c1-3-19(12-15-7-5-4-6-8-15)13-16-18(23)17(22)11-14(2)20(16)9-10-21/h4-8,11,21,23H,3,9-10,12-13H2,1-2H3. The van der Waals surface area contributed by atoms with Gasteiger partial charge in [-0.3, -0.25) is 9.69 Å². The SMILES string of the molecule is CCN(Cc1ccccc1)Cc1c(O)c(=O)cc(C)n1CCO. The fourth-order valence-corrected chi connectivity index (χ4v) is 2.72. The highest BCUT2D eigenvalue weighted by Gasteiger charge is 2.16. The van der Waals surface area contributed by atoms with E-state index in [0.717, 1.165) is 18.8 Å². The number of pyridine rings is 1. The molecule has 0 saturated heterocycles. The van der Waals surface area contributed by atoms with Gasteiger partial charge in [0.25, 0.3) is 0 Å². The molecule has 2 aromatic rings. The number of hydrogen-bond acceptors (Lipinski definition) is 4. The highest BCUT2D eigenvalue weighted by molar-refractivity contribution is 5.30. The quantitative estimate of drug-likeness (QED) is 0.818. The Labute approximate surface area is 136 Å². The molecule has 0 radical (unpaired) electrons. The molecule has 1 aromatic carbocycles. The zero-order chi connectivity index (χ0) is 16.8. The molecule has 0 aliphatic rings. The highest BCUT2D eigenvalue weighted by Crippen LogP contribution is 2.18. The van der Waals surface area contributed by atoms with Gasteiger partial charge in [-0.2, -0.15) is 0 Å². The third kappa shape index (κ3) is 4.21. The maximum atomic E-state index is 11.9. The number of nitrogens with zero attached hydrogens (tertiary/aromatic N) is 2. The first kappa shape index (κ1) is 17.2. The number of aromatic hydroxyl groups is 1. The van der Waals surface area contributed by atoms with Crippen LogP contribution in [0.4, 0.5) is 0 Å². The monoisotopic (exact) mass is 316 g/mol. The van der Waals surface area contributed by atoms with Crippen LogP contribution in [0.25, 0.3) is 0 Å². The van der Waals surface area contributed by atoms with E-state index in [-0.39, 0.29) is 17.8 Å². The molecule has 5 nitrogen and oxygen atoms in total. The summed E-state index contributed by atoms with van der Waals surface area (Å²) in [7, 11) is 0. The van der Waals surface area contributed by atoms with Crippen LogP contribution in [0, 0.1) is 6.92 Å². The second-order valence-electron chi connectivity index (χ2n) is 5.61. The Morgan fingerprint density at radius 3 is 2.48 bits per heavy atom. The van der Waals surface area contributed by atoms with Crippen LogP contribution in [0.3, 0.4) is 0 Å². The largest absolute Gasteiger partial charge is 0.503 e. The van der Waals surface area contributed by atoms with Gasteiger partial charge in [0, 0.05) is 31.4 Å². The molecule has 124 valence electrons. The second-order valence-corrected chi connectivity index (χ2v) is 5.61. The number of aromatic nitrogens is 1. The van der Waals surface area contributed by atoms with E-state index in [4.69, 9.17) is 0 Å². The summed E-state index contributed by atoms with van der Waals surface area (Å²) in [5.74, 6) is -0.226. The lowest BCUT2D eigenvalue weighted by atomic mass is 10.2. The van der Waals surface area contributed by atoms with Gasteiger partial charge in [-0.15, -0.1) is 0 Å². The number of aryl methyl sites for hydroxylation is 1. The van der Waals surface area contributed by atoms with Crippen molar-refractivity contribution in [3.63, 3.8) is 0 Å². The topological polar surface area (TPSA) is 65.7 Å². The van der Waals surface area contributed by atoms with Crippen LogP contribution in [0.2, 0.25) is 0 Å². The summed E-state index contributed by atoms with van der Waals surface area (Å²) in [4.78, 5) is 14.1. The van der Waals surface area contributed by atoms with Crippen LogP contribution in [0.15, 0.2) is 41.2 Å². The minimum absolute atomic E-state index is 0.0407. The maximum absolute atomic E-state index is 11.9. The number of aliphatic hydroxyl groups excluding tert-OH is 1. The van der Waals surface area contributed by atoms with Crippen LogP contribution >= 0.6 is 0 Å². The summed E-state index contributed by atoms with van der Waals surface area (Å²) in [6.45, 7) is 6.15. The van der Waals surface area contributed by atoms with Crippen molar-refractivity contribution < 1.29 is 10.2 Å². The maximum Gasteiger partial charge on any atom is 0.223 e. The van der Waals surface area contributed by atoms with Crippen molar-refractivity contribution >= 4 is 0 Å². The van der Waals surface area contributed by atoms with Gasteiger partial charge in [-0.25, -0.2) is 0 Å². The Kier molecular flexibility index (Phi) is 5.96. The Balaban J connectivity index is 2.31. The molecule has 0 spiro atoms. The van der Waals surface area contributed by atoms with E-state index in [9.17, 15) is 15.0 Å². The van der Waals surface area contributed by atoms with Crippen molar-refractivity contribution in [2.45, 2.75) is 33.5 Å². The molecule has 23 heavy (non-hydrogen) atoms. The number of rotatable bonds is 7. The lowest BCUT2D eigenvalue weighted by molar-refractivity contribution is 0.242. The van der Waals surface area contributed by atoms with Crippen LogP contribution < -0.4 is 5.43 Å². The molecule has 0 bridgehead atoms. The first-order valence-corrected chi connectivity index (χ1v) is 7.86. The van der Waals surface area contributed by atoms with Gasteiger partial charge in [0.05, 0.1) is 12.3 Å². The Bertz CT molecular complexity index is 695. The van der Waals surface area contributed by atoms with Crippen LogP contribution in [-0.2, 0) is 19.6 Å². The van der Waals surface area contributed by atoms with Gasteiger partial charge in [0.2, 0.25) is 5.43 Å². The molecular formula is C18H24N2O3. The second kappa shape index (κ2) is 7.94. The fraction of sp³-hybridized carbons (Fsp3) is 0.389. The first-order valence-electron chi connectivity index (χ1n) is 7.86. The molecule has 0 saturated carbocycles. The molecule has 0 amide bonds. The summed E-state index contributed by atoms with van der Waals surface area (Å²) in [6.07, 6.45) is 0. The average molecular weight is 316 g/mol. The van der Waals surface area contributed by atoms with Crippen molar-refractivity contribution in [2.24, 2.45) is 0 Å². The normalized spacial score (nSPS) is 11.1. The summed E-state index contributed by atoms with van der Waals surface area (Å²) in [6, 6.07) is 11.5. The zero-order valence-electron chi connectivity index (χ0n) is 13.7. The van der Waals surface area contributed by atoms with E-state index in [1.165, 1.54) is 11.6 Å². The smallest absolute Gasteiger partial charge is 0.223 e. The van der Waals surface area contributed by atoms with E-state index in [1.54, 1.807) is 0 Å². The van der Waals surface area contributed by atoms with E-state index in [2.05, 4.69) is 17.0 Å². The van der Waals surface area contributed by atoms with Crippen LogP contribution in [0.1, 0.15) is 23.9 Å². The molecule has 2 rings (SSSR count). The van der Waals surface area contributed by atoms with Crippen molar-refractivity contribution in [3.8, 4) is 5.75 Å². The average Bonchev–Trinajstić information content (AvgIpc) is 2.55. The third-order valence-corrected chi connectivity index (χ3v) is 3.99. The van der Waals surface area contributed by atoms with Gasteiger partial charge < -0.3 is 14.8 Å². The summed E-state index contributed by atoms with van der Waals surface area (Å²) in [5, 5.41) is 19.5. The number of hydrogen-bond donors (Lipinski definition) is 2. The van der Waals surface area contributed by atoms with Gasteiger partial charge in [0.1, 0.15) is 0 Å². The molecule has 1 aromatic heterocycles. The lowest BCUT2D eigenvalue weighted by Gasteiger charge is -2.24. The minimum atomic E-state index is -0.373.